The number of anilines is 1. The quantitative estimate of drug-likeness (QED) is 0.801. The predicted octanol–water partition coefficient (Wildman–Crippen LogP) is 2.49. The van der Waals surface area contributed by atoms with Crippen molar-refractivity contribution in [1.29, 1.82) is 5.26 Å². The fourth-order valence-electron chi connectivity index (χ4n) is 3.10. The molecule has 0 bridgehead atoms. The van der Waals surface area contributed by atoms with Crippen molar-refractivity contribution < 1.29 is 4.79 Å². The number of rotatable bonds is 4. The monoisotopic (exact) mass is 301 g/mol. The molecule has 0 atom stereocenters. The second kappa shape index (κ2) is 6.78. The van der Waals surface area contributed by atoms with Gasteiger partial charge in [-0.2, -0.15) is 5.26 Å². The van der Waals surface area contributed by atoms with E-state index in [0.29, 0.717) is 29.4 Å². The van der Waals surface area contributed by atoms with Crippen LogP contribution >= 0.6 is 0 Å². The summed E-state index contributed by atoms with van der Waals surface area (Å²) in [6.07, 6.45) is 3.67. The number of aldehydes is 1. The number of piperidine rings is 1. The predicted molar refractivity (Wildman–Crippen MR) is 86.4 cm³/mol. The van der Waals surface area contributed by atoms with Gasteiger partial charge in [-0.3, -0.25) is 14.2 Å². The van der Waals surface area contributed by atoms with E-state index in [9.17, 15) is 14.9 Å². The lowest BCUT2D eigenvalue weighted by Gasteiger charge is -2.35. The van der Waals surface area contributed by atoms with E-state index in [1.165, 1.54) is 0 Å². The van der Waals surface area contributed by atoms with Crippen molar-refractivity contribution in [3.63, 3.8) is 0 Å². The van der Waals surface area contributed by atoms with Gasteiger partial charge in [-0.05, 0) is 37.7 Å². The van der Waals surface area contributed by atoms with E-state index < -0.39 is 0 Å². The third-order valence-corrected chi connectivity index (χ3v) is 4.49. The number of hydrogen-bond donors (Lipinski definition) is 0. The van der Waals surface area contributed by atoms with E-state index >= 15 is 0 Å². The smallest absolute Gasteiger partial charge is 0.270 e. The summed E-state index contributed by atoms with van der Waals surface area (Å²) in [7, 11) is 0. The minimum Gasteiger partial charge on any atom is -0.357 e. The van der Waals surface area contributed by atoms with Crippen LogP contribution in [0.1, 0.15) is 54.6 Å². The Morgan fingerprint density at radius 3 is 2.50 bits per heavy atom. The minimum absolute atomic E-state index is 0.0877. The molecule has 0 spiro atoms. The van der Waals surface area contributed by atoms with Crippen LogP contribution in [0.25, 0.3) is 0 Å². The van der Waals surface area contributed by atoms with E-state index in [-0.39, 0.29) is 11.1 Å². The number of nitriles is 1. The lowest BCUT2D eigenvalue weighted by Crippen LogP contribution is -2.39. The van der Waals surface area contributed by atoms with Gasteiger partial charge in [-0.25, -0.2) is 0 Å². The summed E-state index contributed by atoms with van der Waals surface area (Å²) in [5.41, 5.74) is 0.799. The Kier molecular flexibility index (Phi) is 5.02. The average Bonchev–Trinajstić information content (AvgIpc) is 2.51. The molecule has 0 N–H and O–H groups in total. The van der Waals surface area contributed by atoms with Gasteiger partial charge >= 0.3 is 0 Å². The van der Waals surface area contributed by atoms with Crippen molar-refractivity contribution in [2.24, 2.45) is 5.92 Å². The minimum atomic E-state index is -0.277. The van der Waals surface area contributed by atoms with Crippen molar-refractivity contribution >= 4 is 12.1 Å². The zero-order chi connectivity index (χ0) is 16.3. The molecule has 1 aliphatic rings. The second-order valence-electron chi connectivity index (χ2n) is 6.09. The van der Waals surface area contributed by atoms with Crippen LogP contribution in [0.5, 0.6) is 0 Å². The standard InChI is InChI=1S/C17H23N3O2/c1-4-7-20-16(19-8-5-12(2)6-9-19)15(11-21)13(3)14(10-18)17(20)22/h11-12H,4-9H2,1-3H3. The Bertz CT molecular complexity index is 662. The van der Waals surface area contributed by atoms with Crippen LogP contribution in [0.2, 0.25) is 0 Å². The van der Waals surface area contributed by atoms with E-state index in [4.69, 9.17) is 0 Å². The molecule has 5 heteroatoms. The van der Waals surface area contributed by atoms with Gasteiger partial charge in [-0.1, -0.05) is 13.8 Å². The molecule has 0 unspecified atom stereocenters. The average molecular weight is 301 g/mol. The van der Waals surface area contributed by atoms with E-state index in [1.807, 2.05) is 13.0 Å². The Balaban J connectivity index is 2.67. The maximum atomic E-state index is 12.6. The van der Waals surface area contributed by atoms with E-state index in [0.717, 1.165) is 38.6 Å². The third kappa shape index (κ3) is 2.78. The maximum Gasteiger partial charge on any atom is 0.270 e. The fraction of sp³-hybridized carbons (Fsp3) is 0.588. The number of hydrogen-bond acceptors (Lipinski definition) is 4. The van der Waals surface area contributed by atoms with Gasteiger partial charge in [0.2, 0.25) is 0 Å². The van der Waals surface area contributed by atoms with Crippen molar-refractivity contribution in [2.45, 2.75) is 46.6 Å². The molecule has 0 radical (unpaired) electrons. The zero-order valence-electron chi connectivity index (χ0n) is 13.6. The topological polar surface area (TPSA) is 66.1 Å². The van der Waals surface area contributed by atoms with Crippen LogP contribution in [0.15, 0.2) is 4.79 Å². The molecule has 22 heavy (non-hydrogen) atoms. The summed E-state index contributed by atoms with van der Waals surface area (Å²) in [6.45, 7) is 8.11. The SMILES string of the molecule is CCCn1c(N2CCC(C)CC2)c(C=O)c(C)c(C#N)c1=O. The number of carbonyl (C=O) groups excluding carboxylic acids is 1. The molecule has 5 nitrogen and oxygen atoms in total. The number of nitrogens with zero attached hydrogens (tertiary/aromatic N) is 3. The highest BCUT2D eigenvalue weighted by molar-refractivity contribution is 5.86. The number of carbonyl (C=O) groups is 1. The van der Waals surface area contributed by atoms with Gasteiger partial charge in [-0.15, -0.1) is 0 Å². The van der Waals surface area contributed by atoms with Gasteiger partial charge in [0.1, 0.15) is 17.5 Å². The summed E-state index contributed by atoms with van der Waals surface area (Å²) >= 11 is 0. The molecule has 118 valence electrons. The number of aromatic nitrogens is 1. The van der Waals surface area contributed by atoms with E-state index in [1.54, 1.807) is 11.5 Å². The summed E-state index contributed by atoms with van der Waals surface area (Å²) in [6, 6.07) is 1.96. The highest BCUT2D eigenvalue weighted by atomic mass is 16.1. The molecule has 1 fully saturated rings. The van der Waals surface area contributed by atoms with Gasteiger partial charge in [0.05, 0.1) is 5.56 Å². The van der Waals surface area contributed by atoms with Crippen LogP contribution < -0.4 is 10.5 Å². The highest BCUT2D eigenvalue weighted by Gasteiger charge is 2.25. The van der Waals surface area contributed by atoms with Gasteiger partial charge in [0, 0.05) is 19.6 Å². The molecule has 2 rings (SSSR count). The maximum absolute atomic E-state index is 12.6. The lowest BCUT2D eigenvalue weighted by molar-refractivity contribution is 0.112. The lowest BCUT2D eigenvalue weighted by atomic mass is 9.98. The van der Waals surface area contributed by atoms with Gasteiger partial charge in [0.15, 0.2) is 6.29 Å². The highest BCUT2D eigenvalue weighted by Crippen LogP contribution is 2.27. The van der Waals surface area contributed by atoms with Crippen molar-refractivity contribution in [1.82, 2.24) is 4.57 Å². The van der Waals surface area contributed by atoms with Crippen molar-refractivity contribution in [3.05, 3.63) is 27.0 Å². The van der Waals surface area contributed by atoms with Crippen LogP contribution in [-0.2, 0) is 6.54 Å². The molecule has 2 heterocycles. The first-order valence-electron chi connectivity index (χ1n) is 7.92. The summed E-state index contributed by atoms with van der Waals surface area (Å²) in [4.78, 5) is 26.4. The van der Waals surface area contributed by atoms with Crippen LogP contribution in [0.4, 0.5) is 5.82 Å². The Hall–Kier alpha value is -2.09. The van der Waals surface area contributed by atoms with Crippen LogP contribution in [0.3, 0.4) is 0 Å². The largest absolute Gasteiger partial charge is 0.357 e. The van der Waals surface area contributed by atoms with Crippen LogP contribution in [0, 0.1) is 24.2 Å². The summed E-state index contributed by atoms with van der Waals surface area (Å²) in [5, 5.41) is 9.25. The Morgan fingerprint density at radius 1 is 1.36 bits per heavy atom. The molecule has 1 saturated heterocycles. The molecule has 0 amide bonds. The molecule has 0 aromatic carbocycles. The molecule has 0 aliphatic carbocycles. The molecule has 1 aromatic rings. The Morgan fingerprint density at radius 2 is 2.00 bits per heavy atom. The second-order valence-corrected chi connectivity index (χ2v) is 6.09. The molecule has 0 saturated carbocycles. The first-order chi connectivity index (χ1) is 10.5. The zero-order valence-corrected chi connectivity index (χ0v) is 13.6. The van der Waals surface area contributed by atoms with Gasteiger partial charge in [0.25, 0.3) is 5.56 Å². The summed E-state index contributed by atoms with van der Waals surface area (Å²) in [5.74, 6) is 1.37. The van der Waals surface area contributed by atoms with Gasteiger partial charge < -0.3 is 4.90 Å². The third-order valence-electron chi connectivity index (χ3n) is 4.49. The fourth-order valence-corrected chi connectivity index (χ4v) is 3.10. The van der Waals surface area contributed by atoms with Crippen molar-refractivity contribution in [2.75, 3.05) is 18.0 Å². The molecule has 1 aliphatic heterocycles. The first-order valence-corrected chi connectivity index (χ1v) is 7.92. The first kappa shape index (κ1) is 16.3. The number of pyridine rings is 1. The normalized spacial score (nSPS) is 15.6. The molecule has 1 aromatic heterocycles. The Labute approximate surface area is 131 Å². The molecular formula is C17H23N3O2. The molecular weight excluding hydrogens is 278 g/mol. The van der Waals surface area contributed by atoms with Crippen LogP contribution in [-0.4, -0.2) is 23.9 Å². The van der Waals surface area contributed by atoms with Crippen molar-refractivity contribution in [3.8, 4) is 6.07 Å². The van der Waals surface area contributed by atoms with E-state index in [2.05, 4.69) is 11.8 Å². The summed E-state index contributed by atoms with van der Waals surface area (Å²) < 4.78 is 1.62.